The Morgan fingerprint density at radius 3 is 2.06 bits per heavy atom. The van der Waals surface area contributed by atoms with Crippen molar-refractivity contribution in [2.45, 2.75) is 24.8 Å². The van der Waals surface area contributed by atoms with E-state index in [-0.39, 0.29) is 4.90 Å². The molecule has 0 radical (unpaired) electrons. The smallest absolute Gasteiger partial charge is 0.260 e. The van der Waals surface area contributed by atoms with Gasteiger partial charge in [0.25, 0.3) is 10.0 Å². The highest BCUT2D eigenvalue weighted by Crippen LogP contribution is 2.40. The molecule has 1 aliphatic rings. The first-order valence-electron chi connectivity index (χ1n) is 10.2. The van der Waals surface area contributed by atoms with E-state index in [4.69, 9.17) is 9.47 Å². The molecule has 0 bridgehead atoms. The molecular weight excluding hydrogens is 424 g/mol. The fourth-order valence-corrected chi connectivity index (χ4v) is 5.06. The van der Waals surface area contributed by atoms with Gasteiger partial charge in [-0.2, -0.15) is 0 Å². The molecule has 166 valence electrons. The van der Waals surface area contributed by atoms with E-state index in [1.165, 1.54) is 4.41 Å². The van der Waals surface area contributed by atoms with E-state index in [9.17, 15) is 8.42 Å². The van der Waals surface area contributed by atoms with Crippen molar-refractivity contribution < 1.29 is 17.9 Å². The van der Waals surface area contributed by atoms with Crippen molar-refractivity contribution >= 4 is 15.7 Å². The Morgan fingerprint density at radius 1 is 0.844 bits per heavy atom. The first-order valence-corrected chi connectivity index (χ1v) is 11.7. The first kappa shape index (κ1) is 21.9. The number of hydrazine groups is 1. The standard InChI is InChI=1S/C25H26N2O4S/c1-17-5-9-19(10-6-17)23-16-24(22-15-20(30-3)11-14-25(22)31-4)27(26-23)32(28,29)21-12-7-18(2)8-13-21/h5-16,24,26H,1-4H3/t24-/m0/s1. The second-order valence-electron chi connectivity index (χ2n) is 7.72. The molecule has 1 atom stereocenters. The van der Waals surface area contributed by atoms with Crippen molar-refractivity contribution in [1.82, 2.24) is 9.84 Å². The third-order valence-corrected chi connectivity index (χ3v) is 7.21. The van der Waals surface area contributed by atoms with Crippen molar-refractivity contribution in [2.75, 3.05) is 14.2 Å². The molecule has 1 heterocycles. The summed E-state index contributed by atoms with van der Waals surface area (Å²) in [6.07, 6.45) is 1.90. The molecule has 0 aromatic heterocycles. The molecule has 0 spiro atoms. The molecule has 0 amide bonds. The molecule has 4 rings (SSSR count). The van der Waals surface area contributed by atoms with E-state index >= 15 is 0 Å². The van der Waals surface area contributed by atoms with E-state index in [1.54, 1.807) is 56.7 Å². The number of sulfonamides is 1. The topological polar surface area (TPSA) is 67.9 Å². The Labute approximate surface area is 189 Å². The van der Waals surface area contributed by atoms with Gasteiger partial charge >= 0.3 is 0 Å². The van der Waals surface area contributed by atoms with Crippen molar-refractivity contribution in [3.05, 3.63) is 95.1 Å². The maximum atomic E-state index is 13.7. The quantitative estimate of drug-likeness (QED) is 0.594. The Morgan fingerprint density at radius 2 is 1.47 bits per heavy atom. The number of nitrogens with zero attached hydrogens (tertiary/aromatic N) is 1. The van der Waals surface area contributed by atoms with E-state index in [0.717, 1.165) is 16.7 Å². The van der Waals surface area contributed by atoms with Gasteiger partial charge < -0.3 is 14.9 Å². The number of rotatable bonds is 6. The fraction of sp³-hybridized carbons (Fsp3) is 0.200. The number of benzene rings is 3. The zero-order valence-electron chi connectivity index (χ0n) is 18.5. The highest BCUT2D eigenvalue weighted by atomic mass is 32.2. The van der Waals surface area contributed by atoms with Gasteiger partial charge in [0, 0.05) is 5.56 Å². The molecule has 0 aliphatic carbocycles. The molecule has 0 fully saturated rings. The van der Waals surface area contributed by atoms with E-state index in [1.807, 2.05) is 44.2 Å². The van der Waals surface area contributed by atoms with Gasteiger partial charge in [-0.05, 0) is 55.8 Å². The van der Waals surface area contributed by atoms with Crippen LogP contribution >= 0.6 is 0 Å². The van der Waals surface area contributed by atoms with Crippen molar-refractivity contribution in [1.29, 1.82) is 0 Å². The van der Waals surface area contributed by atoms with Gasteiger partial charge in [-0.15, -0.1) is 4.41 Å². The highest BCUT2D eigenvalue weighted by Gasteiger charge is 2.38. The van der Waals surface area contributed by atoms with E-state index in [0.29, 0.717) is 22.8 Å². The number of hydrogen-bond donors (Lipinski definition) is 1. The zero-order valence-corrected chi connectivity index (χ0v) is 19.3. The molecule has 32 heavy (non-hydrogen) atoms. The van der Waals surface area contributed by atoms with Gasteiger partial charge in [-0.3, -0.25) is 0 Å². The number of ether oxygens (including phenoxy) is 2. The molecule has 7 heteroatoms. The molecule has 1 aliphatic heterocycles. The van der Waals surface area contributed by atoms with Crippen LogP contribution in [0.5, 0.6) is 11.5 Å². The second-order valence-corrected chi connectivity index (χ2v) is 9.54. The number of aryl methyl sites for hydroxylation is 2. The lowest BCUT2D eigenvalue weighted by atomic mass is 10.0. The Hall–Kier alpha value is -3.29. The van der Waals surface area contributed by atoms with Crippen LogP contribution in [0.25, 0.3) is 5.70 Å². The normalized spacial score (nSPS) is 16.4. The SMILES string of the molecule is COc1ccc(OC)c([C@@H]2C=C(c3ccc(C)cc3)NN2S(=O)(=O)c2ccc(C)cc2)c1. The van der Waals surface area contributed by atoms with Crippen LogP contribution in [0.4, 0.5) is 0 Å². The molecule has 3 aromatic carbocycles. The Kier molecular flexibility index (Phi) is 5.95. The molecular formula is C25H26N2O4S. The minimum Gasteiger partial charge on any atom is -0.497 e. The Bertz CT molecular complexity index is 1250. The Balaban J connectivity index is 1.85. The van der Waals surface area contributed by atoms with Crippen molar-refractivity contribution in [3.63, 3.8) is 0 Å². The molecule has 3 aromatic rings. The maximum Gasteiger partial charge on any atom is 0.260 e. The summed E-state index contributed by atoms with van der Waals surface area (Å²) in [5.74, 6) is 1.19. The number of hydrogen-bond acceptors (Lipinski definition) is 5. The van der Waals surface area contributed by atoms with Gasteiger partial charge in [0.15, 0.2) is 0 Å². The van der Waals surface area contributed by atoms with E-state index in [2.05, 4.69) is 5.43 Å². The third-order valence-electron chi connectivity index (χ3n) is 5.50. The van der Waals surface area contributed by atoms with Gasteiger partial charge in [0.1, 0.15) is 11.5 Å². The maximum absolute atomic E-state index is 13.7. The molecule has 0 saturated carbocycles. The van der Waals surface area contributed by atoms with Crippen molar-refractivity contribution in [2.24, 2.45) is 0 Å². The average molecular weight is 451 g/mol. The first-order chi connectivity index (χ1) is 15.3. The summed E-state index contributed by atoms with van der Waals surface area (Å²) in [6, 6.07) is 19.5. The number of nitrogens with one attached hydrogen (secondary N) is 1. The summed E-state index contributed by atoms with van der Waals surface area (Å²) in [5, 5.41) is 0. The van der Waals surface area contributed by atoms with Crippen LogP contribution in [-0.4, -0.2) is 27.1 Å². The van der Waals surface area contributed by atoms with Crippen LogP contribution in [0, 0.1) is 13.8 Å². The highest BCUT2D eigenvalue weighted by molar-refractivity contribution is 7.89. The van der Waals surface area contributed by atoms with Gasteiger partial charge in [-0.1, -0.05) is 47.5 Å². The minimum absolute atomic E-state index is 0.209. The van der Waals surface area contributed by atoms with Crippen LogP contribution in [-0.2, 0) is 10.0 Å². The summed E-state index contributed by atoms with van der Waals surface area (Å²) in [5.41, 5.74) is 7.52. The fourth-order valence-electron chi connectivity index (χ4n) is 3.67. The molecule has 6 nitrogen and oxygen atoms in total. The lowest BCUT2D eigenvalue weighted by Gasteiger charge is -2.26. The summed E-state index contributed by atoms with van der Waals surface area (Å²) in [6.45, 7) is 3.93. The molecule has 0 unspecified atom stereocenters. The summed E-state index contributed by atoms with van der Waals surface area (Å²) in [4.78, 5) is 0.209. The minimum atomic E-state index is -3.87. The predicted molar refractivity (Wildman–Crippen MR) is 125 cm³/mol. The lowest BCUT2D eigenvalue weighted by molar-refractivity contribution is 0.332. The van der Waals surface area contributed by atoms with Crippen LogP contribution < -0.4 is 14.9 Å². The van der Waals surface area contributed by atoms with Gasteiger partial charge in [0.05, 0.1) is 30.9 Å². The average Bonchev–Trinajstić information content (AvgIpc) is 3.25. The van der Waals surface area contributed by atoms with Crippen LogP contribution in [0.3, 0.4) is 0 Å². The van der Waals surface area contributed by atoms with Crippen LogP contribution in [0.1, 0.15) is 28.3 Å². The second kappa shape index (κ2) is 8.68. The van der Waals surface area contributed by atoms with Gasteiger partial charge in [0.2, 0.25) is 0 Å². The van der Waals surface area contributed by atoms with Crippen LogP contribution in [0.15, 0.2) is 77.7 Å². The van der Waals surface area contributed by atoms with Crippen LogP contribution in [0.2, 0.25) is 0 Å². The summed E-state index contributed by atoms with van der Waals surface area (Å²) >= 11 is 0. The van der Waals surface area contributed by atoms with Gasteiger partial charge in [-0.25, -0.2) is 8.42 Å². The lowest BCUT2D eigenvalue weighted by Crippen LogP contribution is -2.39. The van der Waals surface area contributed by atoms with E-state index < -0.39 is 16.1 Å². The number of methoxy groups -OCH3 is 2. The molecule has 1 N–H and O–H groups in total. The summed E-state index contributed by atoms with van der Waals surface area (Å²) in [7, 11) is -0.730. The third kappa shape index (κ3) is 4.09. The molecule has 0 saturated heterocycles. The largest absolute Gasteiger partial charge is 0.497 e. The summed E-state index contributed by atoms with van der Waals surface area (Å²) < 4.78 is 39.6. The predicted octanol–water partition coefficient (Wildman–Crippen LogP) is 4.61. The monoisotopic (exact) mass is 450 g/mol. The zero-order chi connectivity index (χ0) is 22.9. The van der Waals surface area contributed by atoms with Crippen molar-refractivity contribution in [3.8, 4) is 11.5 Å².